The van der Waals surface area contributed by atoms with Gasteiger partial charge in [-0.2, -0.15) is 0 Å². The smallest absolute Gasteiger partial charge is 0.334 e. The van der Waals surface area contributed by atoms with Crippen molar-refractivity contribution in [1.29, 1.82) is 0 Å². The van der Waals surface area contributed by atoms with Gasteiger partial charge < -0.3 is 14.2 Å². The lowest BCUT2D eigenvalue weighted by atomic mass is 9.93. The number of rotatable bonds is 1. The van der Waals surface area contributed by atoms with Crippen LogP contribution in [0.15, 0.2) is 34.4 Å². The molecule has 0 aromatic carbocycles. The number of carbonyl (C=O) groups excluding carboxylic acids is 3. The van der Waals surface area contributed by atoms with Crippen molar-refractivity contribution >= 4 is 17.9 Å². The number of hydrogen-bond donors (Lipinski definition) is 0. The zero-order valence-electron chi connectivity index (χ0n) is 13.3. The van der Waals surface area contributed by atoms with Crippen molar-refractivity contribution in [2.45, 2.75) is 51.9 Å². The van der Waals surface area contributed by atoms with E-state index in [2.05, 4.69) is 0 Å². The van der Waals surface area contributed by atoms with Crippen LogP contribution >= 0.6 is 0 Å². The second-order valence-electron chi connectivity index (χ2n) is 5.97. The maximum atomic E-state index is 12.0. The molecule has 0 aromatic heterocycles. The zero-order valence-corrected chi connectivity index (χ0v) is 13.3. The highest BCUT2D eigenvalue weighted by atomic mass is 16.6. The van der Waals surface area contributed by atoms with Gasteiger partial charge in [0, 0.05) is 23.6 Å². The number of fused-ring (bicyclic) bond motifs is 3. The summed E-state index contributed by atoms with van der Waals surface area (Å²) in [5.41, 5.74) is 2.43. The van der Waals surface area contributed by atoms with Crippen molar-refractivity contribution in [2.24, 2.45) is 0 Å². The van der Waals surface area contributed by atoms with Gasteiger partial charge in [0.1, 0.15) is 18.3 Å². The molecule has 6 heteroatoms. The Labute approximate surface area is 133 Å². The molecule has 2 heterocycles. The molecule has 2 aliphatic heterocycles. The van der Waals surface area contributed by atoms with Gasteiger partial charge in [-0.3, -0.25) is 4.79 Å². The van der Waals surface area contributed by atoms with Crippen LogP contribution in [0.2, 0.25) is 0 Å². The molecule has 23 heavy (non-hydrogen) atoms. The van der Waals surface area contributed by atoms with Gasteiger partial charge in [-0.25, -0.2) is 9.59 Å². The molecule has 1 aliphatic carbocycles. The first-order valence-electron chi connectivity index (χ1n) is 7.55. The highest BCUT2D eigenvalue weighted by Gasteiger charge is 2.40. The molecule has 3 rings (SSSR count). The average molecular weight is 318 g/mol. The second kappa shape index (κ2) is 5.68. The van der Waals surface area contributed by atoms with E-state index in [1.165, 1.54) is 6.92 Å². The van der Waals surface area contributed by atoms with Crippen LogP contribution in [0.5, 0.6) is 0 Å². The van der Waals surface area contributed by atoms with Gasteiger partial charge in [0.25, 0.3) is 0 Å². The molecule has 0 saturated heterocycles. The Kier molecular flexibility index (Phi) is 3.83. The van der Waals surface area contributed by atoms with Crippen molar-refractivity contribution < 1.29 is 28.6 Å². The third-order valence-electron chi connectivity index (χ3n) is 4.34. The first-order chi connectivity index (χ1) is 10.9. The third-order valence-corrected chi connectivity index (χ3v) is 4.34. The molecule has 2 bridgehead atoms. The second-order valence-corrected chi connectivity index (χ2v) is 5.97. The minimum Gasteiger partial charge on any atom is -0.458 e. The molecule has 3 aliphatic rings. The summed E-state index contributed by atoms with van der Waals surface area (Å²) in [5.74, 6) is -1.21. The highest BCUT2D eigenvalue weighted by molar-refractivity contribution is 5.95. The molecule has 0 saturated carbocycles. The predicted octanol–water partition coefficient (Wildman–Crippen LogP) is 1.75. The van der Waals surface area contributed by atoms with Gasteiger partial charge in [-0.1, -0.05) is 0 Å². The fraction of sp³-hybridized carbons (Fsp3) is 0.471. The summed E-state index contributed by atoms with van der Waals surface area (Å²) in [5, 5.41) is 0. The zero-order chi connectivity index (χ0) is 16.7. The minimum atomic E-state index is -0.605. The Morgan fingerprint density at radius 2 is 1.78 bits per heavy atom. The monoisotopic (exact) mass is 318 g/mol. The highest BCUT2D eigenvalue weighted by Crippen LogP contribution is 2.35. The van der Waals surface area contributed by atoms with Crippen molar-refractivity contribution in [3.63, 3.8) is 0 Å². The average Bonchev–Trinajstić information content (AvgIpc) is 2.94. The Bertz CT molecular complexity index is 681. The Hall–Kier alpha value is -2.37. The maximum absolute atomic E-state index is 12.0. The van der Waals surface area contributed by atoms with E-state index in [-0.39, 0.29) is 0 Å². The van der Waals surface area contributed by atoms with Gasteiger partial charge in [0.05, 0.1) is 0 Å². The first kappa shape index (κ1) is 15.5. The number of carbonyl (C=O) groups is 3. The van der Waals surface area contributed by atoms with E-state index < -0.39 is 36.2 Å². The summed E-state index contributed by atoms with van der Waals surface area (Å²) in [7, 11) is 0. The standard InChI is InChI=1S/C17H18O6/c1-8-6-13-15(9(2)16(19)22-13)14-7-11(17(20)23-14)4-5-12(8)21-10(3)18/h6-7,12-14H,4-5H2,1-3H3/b8-6-/t12-,13-,14-/m1/s1. The lowest BCUT2D eigenvalue weighted by molar-refractivity contribution is -0.145. The molecule has 0 fully saturated rings. The van der Waals surface area contributed by atoms with E-state index in [0.717, 1.165) is 5.57 Å². The summed E-state index contributed by atoms with van der Waals surface area (Å²) in [6, 6.07) is 0. The van der Waals surface area contributed by atoms with E-state index >= 15 is 0 Å². The van der Waals surface area contributed by atoms with Crippen LogP contribution in [0.1, 0.15) is 33.6 Å². The van der Waals surface area contributed by atoms with Crippen molar-refractivity contribution in [3.05, 3.63) is 34.4 Å². The maximum Gasteiger partial charge on any atom is 0.334 e. The molecular formula is C17H18O6. The summed E-state index contributed by atoms with van der Waals surface area (Å²) in [4.78, 5) is 35.2. The van der Waals surface area contributed by atoms with Gasteiger partial charge in [-0.15, -0.1) is 0 Å². The van der Waals surface area contributed by atoms with Crippen molar-refractivity contribution in [1.82, 2.24) is 0 Å². The molecule has 0 aromatic rings. The molecule has 0 unspecified atom stereocenters. The number of esters is 3. The summed E-state index contributed by atoms with van der Waals surface area (Å²) in [6.45, 7) is 4.83. The van der Waals surface area contributed by atoms with E-state index in [0.29, 0.717) is 29.6 Å². The van der Waals surface area contributed by atoms with Crippen molar-refractivity contribution in [3.8, 4) is 0 Å². The van der Waals surface area contributed by atoms with Crippen LogP contribution in [-0.4, -0.2) is 36.2 Å². The number of ether oxygens (including phenoxy) is 3. The topological polar surface area (TPSA) is 78.9 Å². The lowest BCUT2D eigenvalue weighted by Gasteiger charge is -2.21. The molecule has 3 atom stereocenters. The molecule has 0 amide bonds. The fourth-order valence-corrected chi connectivity index (χ4v) is 3.12. The van der Waals surface area contributed by atoms with Gasteiger partial charge in [-0.05, 0) is 44.4 Å². The third kappa shape index (κ3) is 2.81. The van der Waals surface area contributed by atoms with E-state index in [1.807, 2.05) is 6.92 Å². The lowest BCUT2D eigenvalue weighted by Crippen LogP contribution is -2.23. The quantitative estimate of drug-likeness (QED) is 0.416. The Morgan fingerprint density at radius 1 is 1.13 bits per heavy atom. The largest absolute Gasteiger partial charge is 0.458 e. The molecule has 122 valence electrons. The van der Waals surface area contributed by atoms with Gasteiger partial charge in [0.15, 0.2) is 0 Å². The molecule has 0 spiro atoms. The fourth-order valence-electron chi connectivity index (χ4n) is 3.12. The SMILES string of the molecule is CC(=O)O[C@@H]1CCC2=C[C@@H](OC2=O)C2=C(C)C(=O)O[C@@H]2/C=C\1C. The van der Waals surface area contributed by atoms with E-state index in [4.69, 9.17) is 14.2 Å². The molecular weight excluding hydrogens is 300 g/mol. The van der Waals surface area contributed by atoms with Gasteiger partial charge in [0.2, 0.25) is 0 Å². The summed E-state index contributed by atoms with van der Waals surface area (Å²) >= 11 is 0. The van der Waals surface area contributed by atoms with Crippen molar-refractivity contribution in [2.75, 3.05) is 0 Å². The van der Waals surface area contributed by atoms with Gasteiger partial charge >= 0.3 is 17.9 Å². The molecule has 0 N–H and O–H groups in total. The van der Waals surface area contributed by atoms with E-state index in [1.54, 1.807) is 19.1 Å². The number of hydrogen-bond acceptors (Lipinski definition) is 6. The summed E-state index contributed by atoms with van der Waals surface area (Å²) < 4.78 is 16.1. The van der Waals surface area contributed by atoms with Crippen LogP contribution < -0.4 is 0 Å². The Morgan fingerprint density at radius 3 is 2.48 bits per heavy atom. The van der Waals surface area contributed by atoms with Crippen LogP contribution in [0.25, 0.3) is 0 Å². The Balaban J connectivity index is 2.03. The van der Waals surface area contributed by atoms with E-state index in [9.17, 15) is 14.4 Å². The summed E-state index contributed by atoms with van der Waals surface area (Å²) in [6.07, 6.45) is 2.80. The minimum absolute atomic E-state index is 0.393. The predicted molar refractivity (Wildman–Crippen MR) is 79.1 cm³/mol. The molecule has 0 radical (unpaired) electrons. The molecule has 6 nitrogen and oxygen atoms in total. The van der Waals surface area contributed by atoms with Crippen LogP contribution in [0.3, 0.4) is 0 Å². The van der Waals surface area contributed by atoms with Crippen LogP contribution in [0.4, 0.5) is 0 Å². The first-order valence-corrected chi connectivity index (χ1v) is 7.55. The normalized spacial score (nSPS) is 32.4. The van der Waals surface area contributed by atoms with Crippen LogP contribution in [-0.2, 0) is 28.6 Å². The van der Waals surface area contributed by atoms with Crippen LogP contribution in [0, 0.1) is 0 Å².